The first-order valence-corrected chi connectivity index (χ1v) is 9.61. The van der Waals surface area contributed by atoms with Gasteiger partial charge in [-0.1, -0.05) is 0 Å². The number of benzene rings is 2. The Bertz CT molecular complexity index is 1200. The molecule has 29 heavy (non-hydrogen) atoms. The summed E-state index contributed by atoms with van der Waals surface area (Å²) in [6.45, 7) is 1.52. The minimum atomic E-state index is -4.40. The number of carbonyl (C=O) groups is 1. The third-order valence-corrected chi connectivity index (χ3v) is 5.28. The molecule has 4 aromatic rings. The van der Waals surface area contributed by atoms with Crippen molar-refractivity contribution in [1.82, 2.24) is 14.3 Å². The van der Waals surface area contributed by atoms with Crippen molar-refractivity contribution in [3.8, 4) is 5.69 Å². The average molecular weight is 419 g/mol. The zero-order chi connectivity index (χ0) is 20.8. The number of amides is 1. The highest BCUT2D eigenvalue weighted by Gasteiger charge is 2.30. The maximum atomic E-state index is 12.9. The second-order valence-corrected chi connectivity index (χ2v) is 7.35. The van der Waals surface area contributed by atoms with Gasteiger partial charge >= 0.3 is 6.18 Å². The van der Waals surface area contributed by atoms with Gasteiger partial charge in [-0.05, 0) is 60.9 Å². The van der Waals surface area contributed by atoms with E-state index in [-0.39, 0.29) is 18.6 Å². The van der Waals surface area contributed by atoms with Crippen LogP contribution in [-0.2, 0) is 6.18 Å². The standard InChI is InChI=1S/C20H16F3N3O2S/c1-11(9-27)24-19(28)12-2-7-17-15(8-12)16-10-29-25-18(16)26(17)14-5-3-13(4-6-14)20(21,22)23/h2-8,10-11,27H,9H2,1H3,(H,24,28)/t11-/m1/s1. The lowest BCUT2D eigenvalue weighted by Gasteiger charge is -2.11. The first-order chi connectivity index (χ1) is 13.8. The molecule has 2 aromatic heterocycles. The summed E-state index contributed by atoms with van der Waals surface area (Å²) in [5, 5.41) is 15.2. The number of carbonyl (C=O) groups excluding carboxylic acids is 1. The zero-order valence-corrected chi connectivity index (χ0v) is 16.0. The Morgan fingerprint density at radius 2 is 1.93 bits per heavy atom. The van der Waals surface area contributed by atoms with E-state index >= 15 is 0 Å². The number of halogens is 3. The highest BCUT2D eigenvalue weighted by molar-refractivity contribution is 7.05. The van der Waals surface area contributed by atoms with Gasteiger partial charge in [-0.2, -0.15) is 17.5 Å². The monoisotopic (exact) mass is 419 g/mol. The number of rotatable bonds is 4. The van der Waals surface area contributed by atoms with Gasteiger partial charge in [0.25, 0.3) is 5.91 Å². The molecule has 2 aromatic carbocycles. The van der Waals surface area contributed by atoms with Gasteiger partial charge in [0.2, 0.25) is 0 Å². The molecule has 9 heteroatoms. The molecule has 0 aliphatic heterocycles. The van der Waals surface area contributed by atoms with E-state index in [1.807, 2.05) is 5.38 Å². The summed E-state index contributed by atoms with van der Waals surface area (Å²) in [6.07, 6.45) is -4.40. The lowest BCUT2D eigenvalue weighted by molar-refractivity contribution is -0.137. The van der Waals surface area contributed by atoms with E-state index in [2.05, 4.69) is 9.69 Å². The van der Waals surface area contributed by atoms with Crippen molar-refractivity contribution in [2.45, 2.75) is 19.1 Å². The van der Waals surface area contributed by atoms with Gasteiger partial charge < -0.3 is 10.4 Å². The smallest absolute Gasteiger partial charge is 0.394 e. The topological polar surface area (TPSA) is 67.2 Å². The second kappa shape index (κ2) is 7.16. The maximum absolute atomic E-state index is 12.9. The Morgan fingerprint density at radius 1 is 1.21 bits per heavy atom. The Morgan fingerprint density at radius 3 is 2.59 bits per heavy atom. The normalized spacial score (nSPS) is 13.1. The number of fused-ring (bicyclic) bond motifs is 3. The van der Waals surface area contributed by atoms with Crippen LogP contribution < -0.4 is 5.32 Å². The van der Waals surface area contributed by atoms with Crippen molar-refractivity contribution in [2.75, 3.05) is 6.61 Å². The highest BCUT2D eigenvalue weighted by Crippen LogP contribution is 2.34. The van der Waals surface area contributed by atoms with E-state index in [4.69, 9.17) is 5.11 Å². The molecule has 2 N–H and O–H groups in total. The molecular formula is C20H16F3N3O2S. The molecule has 0 aliphatic rings. The van der Waals surface area contributed by atoms with Gasteiger partial charge in [-0.3, -0.25) is 9.36 Å². The SMILES string of the molecule is C[C@H](CO)NC(=O)c1ccc2c(c1)c1csnc1n2-c1ccc(C(F)(F)F)cc1. The van der Waals surface area contributed by atoms with Crippen LogP contribution in [0.4, 0.5) is 13.2 Å². The molecule has 0 saturated carbocycles. The molecule has 0 radical (unpaired) electrons. The van der Waals surface area contributed by atoms with Gasteiger partial charge in [0.1, 0.15) is 0 Å². The molecule has 0 aliphatic carbocycles. The first kappa shape index (κ1) is 19.4. The minimum Gasteiger partial charge on any atom is -0.394 e. The zero-order valence-electron chi connectivity index (χ0n) is 15.2. The lowest BCUT2D eigenvalue weighted by Crippen LogP contribution is -2.34. The van der Waals surface area contributed by atoms with Crippen LogP contribution in [0, 0.1) is 0 Å². The van der Waals surface area contributed by atoms with E-state index in [9.17, 15) is 18.0 Å². The van der Waals surface area contributed by atoms with Crippen LogP contribution in [0.3, 0.4) is 0 Å². The highest BCUT2D eigenvalue weighted by atomic mass is 32.1. The fourth-order valence-electron chi connectivity index (χ4n) is 3.19. The van der Waals surface area contributed by atoms with Crippen LogP contribution in [0.5, 0.6) is 0 Å². The molecule has 0 spiro atoms. The Hall–Kier alpha value is -2.91. The predicted octanol–water partition coefficient (Wildman–Crippen LogP) is 4.37. The van der Waals surface area contributed by atoms with E-state index in [1.165, 1.54) is 23.7 Å². The molecule has 4 rings (SSSR count). The summed E-state index contributed by atoms with van der Waals surface area (Å²) in [5.74, 6) is -0.313. The fraction of sp³-hybridized carbons (Fsp3) is 0.200. The summed E-state index contributed by atoms with van der Waals surface area (Å²) in [6, 6.07) is 9.64. The van der Waals surface area contributed by atoms with E-state index < -0.39 is 11.7 Å². The molecule has 0 saturated heterocycles. The number of hydrogen-bond acceptors (Lipinski definition) is 4. The lowest BCUT2D eigenvalue weighted by atomic mass is 10.1. The van der Waals surface area contributed by atoms with Gasteiger partial charge in [0, 0.05) is 33.4 Å². The molecule has 0 fully saturated rings. The number of hydrogen-bond donors (Lipinski definition) is 2. The maximum Gasteiger partial charge on any atom is 0.416 e. The summed E-state index contributed by atoms with van der Waals surface area (Å²) >= 11 is 1.23. The van der Waals surface area contributed by atoms with E-state index in [0.717, 1.165) is 28.4 Å². The van der Waals surface area contributed by atoms with Crippen molar-refractivity contribution < 1.29 is 23.1 Å². The van der Waals surface area contributed by atoms with Gasteiger partial charge in [-0.15, -0.1) is 0 Å². The van der Waals surface area contributed by atoms with Crippen molar-refractivity contribution in [1.29, 1.82) is 0 Å². The Balaban J connectivity index is 1.83. The third kappa shape index (κ3) is 3.47. The van der Waals surface area contributed by atoms with Crippen LogP contribution in [-0.4, -0.2) is 32.6 Å². The molecule has 1 amide bonds. The fourth-order valence-corrected chi connectivity index (χ4v) is 3.86. The predicted molar refractivity (Wildman–Crippen MR) is 105 cm³/mol. The van der Waals surface area contributed by atoms with Crippen LogP contribution >= 0.6 is 11.5 Å². The Labute approximate surface area is 167 Å². The number of aliphatic hydroxyl groups excluding tert-OH is 1. The van der Waals surface area contributed by atoms with Crippen LogP contribution in [0.25, 0.3) is 27.6 Å². The molecule has 2 heterocycles. The number of nitrogens with one attached hydrogen (secondary N) is 1. The summed E-state index contributed by atoms with van der Waals surface area (Å²) in [7, 11) is 0. The molecule has 0 bridgehead atoms. The number of nitrogens with zero attached hydrogens (tertiary/aromatic N) is 2. The van der Waals surface area contributed by atoms with Crippen LogP contribution in [0.15, 0.2) is 47.8 Å². The largest absolute Gasteiger partial charge is 0.416 e. The quantitative estimate of drug-likeness (QED) is 0.516. The van der Waals surface area contributed by atoms with Crippen molar-refractivity contribution in [3.63, 3.8) is 0 Å². The van der Waals surface area contributed by atoms with Crippen molar-refractivity contribution in [3.05, 3.63) is 59.0 Å². The number of aliphatic hydroxyl groups is 1. The summed E-state index contributed by atoms with van der Waals surface area (Å²) in [5.41, 5.74) is 1.61. The average Bonchev–Trinajstić information content (AvgIpc) is 3.27. The summed E-state index contributed by atoms with van der Waals surface area (Å²) < 4.78 is 44.8. The molecule has 1 atom stereocenters. The molecule has 150 valence electrons. The third-order valence-electron chi connectivity index (χ3n) is 4.66. The van der Waals surface area contributed by atoms with Gasteiger partial charge in [0.05, 0.1) is 17.7 Å². The van der Waals surface area contributed by atoms with E-state index in [0.29, 0.717) is 16.9 Å². The molecular weight excluding hydrogens is 403 g/mol. The van der Waals surface area contributed by atoms with E-state index in [1.54, 1.807) is 29.7 Å². The van der Waals surface area contributed by atoms with Crippen molar-refractivity contribution in [2.24, 2.45) is 0 Å². The van der Waals surface area contributed by atoms with Gasteiger partial charge in [-0.25, -0.2) is 0 Å². The number of aromatic nitrogens is 2. The van der Waals surface area contributed by atoms with Crippen LogP contribution in [0.1, 0.15) is 22.8 Å². The summed E-state index contributed by atoms with van der Waals surface area (Å²) in [4.78, 5) is 12.4. The molecule has 0 unspecified atom stereocenters. The molecule has 5 nitrogen and oxygen atoms in total. The number of alkyl halides is 3. The van der Waals surface area contributed by atoms with Gasteiger partial charge in [0.15, 0.2) is 5.65 Å². The first-order valence-electron chi connectivity index (χ1n) is 8.77. The Kier molecular flexibility index (Phi) is 4.79. The minimum absolute atomic E-state index is 0.170. The second-order valence-electron chi connectivity index (χ2n) is 6.72. The van der Waals surface area contributed by atoms with Crippen LogP contribution in [0.2, 0.25) is 0 Å². The van der Waals surface area contributed by atoms with Crippen molar-refractivity contribution >= 4 is 39.4 Å².